The van der Waals surface area contributed by atoms with Gasteiger partial charge in [0, 0.05) is 33.5 Å². The van der Waals surface area contributed by atoms with Crippen LogP contribution in [0.4, 0.5) is 10.1 Å². The third-order valence-corrected chi connectivity index (χ3v) is 6.24. The van der Waals surface area contributed by atoms with Crippen molar-refractivity contribution < 1.29 is 9.18 Å². The lowest BCUT2D eigenvalue weighted by molar-refractivity contribution is 0.102. The fourth-order valence-corrected chi connectivity index (χ4v) is 4.49. The largest absolute Gasteiger partial charge is 0.322 e. The number of amides is 1. The van der Waals surface area contributed by atoms with Crippen molar-refractivity contribution in [2.75, 3.05) is 5.32 Å². The fraction of sp³-hybridized carbons (Fsp3) is 0.0435. The van der Waals surface area contributed by atoms with Gasteiger partial charge in [0.1, 0.15) is 10.8 Å². The van der Waals surface area contributed by atoms with Gasteiger partial charge < -0.3 is 5.32 Å². The topological polar surface area (TPSA) is 42.0 Å². The Balaban J connectivity index is 1.47. The lowest BCUT2D eigenvalue weighted by atomic mass is 10.2. The Morgan fingerprint density at radius 2 is 1.76 bits per heavy atom. The molecule has 0 atom stereocenters. The monoisotopic (exact) mass is 420 g/mol. The molecule has 1 amide bonds. The Labute approximate surface area is 176 Å². The minimum absolute atomic E-state index is 0.191. The van der Waals surface area contributed by atoms with Crippen molar-refractivity contribution in [1.82, 2.24) is 4.98 Å². The molecule has 0 aliphatic rings. The van der Waals surface area contributed by atoms with E-state index in [-0.39, 0.29) is 11.7 Å². The second-order valence-corrected chi connectivity index (χ2v) is 8.16. The summed E-state index contributed by atoms with van der Waals surface area (Å²) in [6.45, 7) is 0. The molecule has 6 heteroatoms. The van der Waals surface area contributed by atoms with Crippen molar-refractivity contribution >= 4 is 34.7 Å². The summed E-state index contributed by atoms with van der Waals surface area (Å²) in [5.74, 6) is 0.0327. The van der Waals surface area contributed by atoms with Gasteiger partial charge in [0.05, 0.1) is 5.56 Å². The second-order valence-electron chi connectivity index (χ2n) is 6.24. The zero-order valence-corrected chi connectivity index (χ0v) is 17.0. The van der Waals surface area contributed by atoms with E-state index in [1.54, 1.807) is 35.7 Å². The normalized spacial score (nSPS) is 10.7. The van der Waals surface area contributed by atoms with Crippen LogP contribution in [0.3, 0.4) is 0 Å². The van der Waals surface area contributed by atoms with E-state index in [0.717, 1.165) is 15.5 Å². The van der Waals surface area contributed by atoms with Crippen LogP contribution in [0.2, 0.25) is 0 Å². The predicted molar refractivity (Wildman–Crippen MR) is 118 cm³/mol. The highest BCUT2D eigenvalue weighted by atomic mass is 32.2. The molecule has 1 aromatic heterocycles. The van der Waals surface area contributed by atoms with E-state index in [0.29, 0.717) is 22.6 Å². The fourth-order valence-electron chi connectivity index (χ4n) is 2.81. The maximum atomic E-state index is 13.9. The molecule has 29 heavy (non-hydrogen) atoms. The molecule has 0 bridgehead atoms. The molecule has 3 nitrogen and oxygen atoms in total. The van der Waals surface area contributed by atoms with Gasteiger partial charge in [-0.15, -0.1) is 23.1 Å². The van der Waals surface area contributed by atoms with Gasteiger partial charge in [-0.3, -0.25) is 4.79 Å². The number of carbonyl (C=O) groups excluding carboxylic acids is 1. The van der Waals surface area contributed by atoms with Crippen LogP contribution in [0.1, 0.15) is 15.9 Å². The van der Waals surface area contributed by atoms with Gasteiger partial charge in [-0.05, 0) is 48.0 Å². The third kappa shape index (κ3) is 4.72. The summed E-state index contributed by atoms with van der Waals surface area (Å²) in [7, 11) is 0. The van der Waals surface area contributed by atoms with Crippen LogP contribution in [0.25, 0.3) is 10.6 Å². The number of anilines is 1. The van der Waals surface area contributed by atoms with Crippen LogP contribution in [-0.2, 0) is 5.75 Å². The number of nitrogens with zero attached hydrogens (tertiary/aromatic N) is 1. The second kappa shape index (κ2) is 9.03. The molecular formula is C23H17FN2OS2. The lowest BCUT2D eigenvalue weighted by Gasteiger charge is -2.11. The van der Waals surface area contributed by atoms with E-state index in [9.17, 15) is 9.18 Å². The Hall–Kier alpha value is -2.96. The van der Waals surface area contributed by atoms with E-state index in [4.69, 9.17) is 0 Å². The Morgan fingerprint density at radius 1 is 1.00 bits per heavy atom. The van der Waals surface area contributed by atoms with Gasteiger partial charge in [-0.1, -0.05) is 30.3 Å². The highest BCUT2D eigenvalue weighted by Crippen LogP contribution is 2.28. The molecule has 0 saturated heterocycles. The molecule has 4 rings (SSSR count). The number of hydrogen-bond donors (Lipinski definition) is 1. The molecule has 0 aliphatic carbocycles. The number of hydrogen-bond acceptors (Lipinski definition) is 4. The lowest BCUT2D eigenvalue weighted by Crippen LogP contribution is -2.12. The van der Waals surface area contributed by atoms with Gasteiger partial charge in [0.2, 0.25) is 0 Å². The summed E-state index contributed by atoms with van der Waals surface area (Å²) in [6.07, 6.45) is 1.77. The van der Waals surface area contributed by atoms with Crippen LogP contribution in [0.15, 0.2) is 89.3 Å². The van der Waals surface area contributed by atoms with Gasteiger partial charge in [0.15, 0.2) is 0 Å². The number of nitrogens with one attached hydrogen (secondary N) is 1. The smallest absolute Gasteiger partial charge is 0.256 e. The first kappa shape index (κ1) is 19.4. The van der Waals surface area contributed by atoms with Crippen molar-refractivity contribution in [3.8, 4) is 10.6 Å². The first-order valence-electron chi connectivity index (χ1n) is 8.97. The quantitative estimate of drug-likeness (QED) is 0.362. The maximum Gasteiger partial charge on any atom is 0.256 e. The Bertz CT molecular complexity index is 1110. The summed E-state index contributed by atoms with van der Waals surface area (Å²) < 4.78 is 13.9. The van der Waals surface area contributed by atoms with E-state index < -0.39 is 0 Å². The van der Waals surface area contributed by atoms with Crippen LogP contribution >= 0.6 is 23.1 Å². The van der Waals surface area contributed by atoms with Gasteiger partial charge in [-0.2, -0.15) is 0 Å². The van der Waals surface area contributed by atoms with Crippen molar-refractivity contribution in [2.24, 2.45) is 0 Å². The van der Waals surface area contributed by atoms with Crippen LogP contribution in [0.5, 0.6) is 0 Å². The first-order chi connectivity index (χ1) is 14.2. The number of benzene rings is 3. The minimum Gasteiger partial charge on any atom is -0.322 e. The van der Waals surface area contributed by atoms with Crippen molar-refractivity contribution in [3.63, 3.8) is 0 Å². The van der Waals surface area contributed by atoms with Crippen molar-refractivity contribution in [3.05, 3.63) is 101 Å². The SMILES string of the molecule is O=C(Nc1ccc(-c2nccs2)cc1)c1ccccc1SCc1ccccc1F. The molecule has 0 spiro atoms. The standard InChI is InChI=1S/C23H17FN2OS2/c24-20-7-3-1-5-17(20)15-29-21-8-4-2-6-19(21)22(27)26-18-11-9-16(10-12-18)23-25-13-14-28-23/h1-14H,15H2,(H,26,27). The van der Waals surface area contributed by atoms with Crippen LogP contribution < -0.4 is 5.32 Å². The molecule has 4 aromatic rings. The molecule has 3 aromatic carbocycles. The van der Waals surface area contributed by atoms with E-state index in [1.807, 2.05) is 53.9 Å². The van der Waals surface area contributed by atoms with Crippen LogP contribution in [0, 0.1) is 5.82 Å². The predicted octanol–water partition coefficient (Wildman–Crippen LogP) is 6.49. The molecular weight excluding hydrogens is 403 g/mol. The molecule has 0 aliphatic heterocycles. The Kier molecular flexibility index (Phi) is 6.03. The number of rotatable bonds is 6. The summed E-state index contributed by atoms with van der Waals surface area (Å²) >= 11 is 3.02. The summed E-state index contributed by atoms with van der Waals surface area (Å²) in [5, 5.41) is 5.81. The Morgan fingerprint density at radius 3 is 2.52 bits per heavy atom. The summed E-state index contributed by atoms with van der Waals surface area (Å²) in [5.41, 5.74) is 2.91. The van der Waals surface area contributed by atoms with Crippen molar-refractivity contribution in [1.29, 1.82) is 0 Å². The van der Waals surface area contributed by atoms with E-state index in [2.05, 4.69) is 10.3 Å². The average Bonchev–Trinajstić information content (AvgIpc) is 3.29. The van der Waals surface area contributed by atoms with Gasteiger partial charge >= 0.3 is 0 Å². The summed E-state index contributed by atoms with van der Waals surface area (Å²) in [6, 6.07) is 21.7. The molecule has 0 saturated carbocycles. The summed E-state index contributed by atoms with van der Waals surface area (Å²) in [4.78, 5) is 17.9. The van der Waals surface area contributed by atoms with Crippen molar-refractivity contribution in [2.45, 2.75) is 10.6 Å². The average molecular weight is 421 g/mol. The minimum atomic E-state index is -0.234. The first-order valence-corrected chi connectivity index (χ1v) is 10.8. The molecule has 1 N–H and O–H groups in total. The zero-order chi connectivity index (χ0) is 20.1. The third-order valence-electron chi connectivity index (χ3n) is 4.29. The van der Waals surface area contributed by atoms with Gasteiger partial charge in [0.25, 0.3) is 5.91 Å². The highest BCUT2D eigenvalue weighted by Gasteiger charge is 2.13. The zero-order valence-electron chi connectivity index (χ0n) is 15.3. The number of carbonyl (C=O) groups is 1. The maximum absolute atomic E-state index is 13.9. The molecule has 0 fully saturated rings. The molecule has 0 unspecified atom stereocenters. The molecule has 1 heterocycles. The van der Waals surface area contributed by atoms with Crippen LogP contribution in [-0.4, -0.2) is 10.9 Å². The number of halogens is 1. The number of thiazole rings is 1. The number of aromatic nitrogens is 1. The van der Waals surface area contributed by atoms with Gasteiger partial charge in [-0.25, -0.2) is 9.37 Å². The molecule has 0 radical (unpaired) electrons. The highest BCUT2D eigenvalue weighted by molar-refractivity contribution is 7.98. The van der Waals surface area contributed by atoms with E-state index >= 15 is 0 Å². The molecule has 144 valence electrons. The van der Waals surface area contributed by atoms with E-state index in [1.165, 1.54) is 17.8 Å². The number of thioether (sulfide) groups is 1.